The molecule has 0 fully saturated rings. The highest BCUT2D eigenvalue weighted by atomic mass is 31.2. The van der Waals surface area contributed by atoms with Crippen LogP contribution in [0.2, 0.25) is 0 Å². The Morgan fingerprint density at radius 2 is 0.516 bits per heavy atom. The van der Waals surface area contributed by atoms with Gasteiger partial charge < -0.3 is 33.8 Å². The number of hydrogen-bond acceptors (Lipinski definition) is 15. The highest BCUT2D eigenvalue weighted by Crippen LogP contribution is 2.45. The Kier molecular flexibility index (Phi) is 65.9. The van der Waals surface area contributed by atoms with E-state index in [0.29, 0.717) is 25.7 Å². The van der Waals surface area contributed by atoms with E-state index in [9.17, 15) is 43.2 Å². The molecule has 17 nitrogen and oxygen atoms in total. The van der Waals surface area contributed by atoms with E-state index in [1.165, 1.54) is 205 Å². The summed E-state index contributed by atoms with van der Waals surface area (Å²) in [6, 6.07) is 0. The van der Waals surface area contributed by atoms with Crippen molar-refractivity contribution in [2.45, 2.75) is 406 Å². The summed E-state index contributed by atoms with van der Waals surface area (Å²) in [6.07, 6.45) is 55.8. The van der Waals surface area contributed by atoms with Crippen molar-refractivity contribution in [3.63, 3.8) is 0 Å². The molecule has 0 aromatic rings. The highest BCUT2D eigenvalue weighted by Gasteiger charge is 2.30. The van der Waals surface area contributed by atoms with Crippen molar-refractivity contribution >= 4 is 39.5 Å². The van der Waals surface area contributed by atoms with E-state index in [1.54, 1.807) is 0 Å². The summed E-state index contributed by atoms with van der Waals surface area (Å²) in [6.45, 7) is 7.22. The van der Waals surface area contributed by atoms with Crippen LogP contribution in [0.1, 0.15) is 388 Å². The molecule has 0 radical (unpaired) electrons. The Labute approximate surface area is 568 Å². The van der Waals surface area contributed by atoms with Crippen LogP contribution in [0.25, 0.3) is 0 Å². The number of carbonyl (C=O) groups is 4. The first-order valence-electron chi connectivity index (χ1n) is 38.7. The Morgan fingerprint density at radius 3 is 0.763 bits per heavy atom. The highest BCUT2D eigenvalue weighted by molar-refractivity contribution is 7.47. The average Bonchev–Trinajstić information content (AvgIpc) is 3.68. The van der Waals surface area contributed by atoms with Gasteiger partial charge in [-0.15, -0.1) is 0 Å². The van der Waals surface area contributed by atoms with E-state index >= 15 is 0 Å². The summed E-state index contributed by atoms with van der Waals surface area (Å²) in [4.78, 5) is 72.5. The molecule has 19 heteroatoms. The maximum Gasteiger partial charge on any atom is 0.472 e. The number of hydrogen-bond donors (Lipinski definition) is 3. The van der Waals surface area contributed by atoms with Gasteiger partial charge in [0.2, 0.25) is 0 Å². The van der Waals surface area contributed by atoms with Crippen molar-refractivity contribution in [2.24, 2.45) is 5.92 Å². The van der Waals surface area contributed by atoms with Crippen LogP contribution < -0.4 is 0 Å². The molecule has 0 aliphatic heterocycles. The van der Waals surface area contributed by atoms with Crippen molar-refractivity contribution in [1.82, 2.24) is 0 Å². The van der Waals surface area contributed by atoms with Crippen LogP contribution in [0.15, 0.2) is 0 Å². The number of aliphatic hydroxyl groups excluding tert-OH is 1. The molecule has 0 aliphatic rings. The summed E-state index contributed by atoms with van der Waals surface area (Å²) in [5.74, 6) is -1.32. The molecular formula is C74H144O17P2. The van der Waals surface area contributed by atoms with Gasteiger partial charge in [0, 0.05) is 25.7 Å². The number of rotatable bonds is 74. The van der Waals surface area contributed by atoms with Gasteiger partial charge in [0.15, 0.2) is 12.2 Å². The number of unbranched alkanes of at least 4 members (excludes halogenated alkanes) is 45. The molecule has 0 aromatic heterocycles. The number of aliphatic hydroxyl groups is 1. The maximum absolute atomic E-state index is 13.1. The van der Waals surface area contributed by atoms with E-state index in [1.807, 2.05) is 0 Å². The molecule has 0 bridgehead atoms. The van der Waals surface area contributed by atoms with Crippen LogP contribution in [0.5, 0.6) is 0 Å². The van der Waals surface area contributed by atoms with E-state index in [-0.39, 0.29) is 25.7 Å². The summed E-state index contributed by atoms with van der Waals surface area (Å²) in [5, 5.41) is 10.6. The summed E-state index contributed by atoms with van der Waals surface area (Å²) < 4.78 is 68.3. The molecule has 0 aromatic carbocycles. The van der Waals surface area contributed by atoms with Crippen molar-refractivity contribution in [1.29, 1.82) is 0 Å². The molecule has 0 heterocycles. The minimum absolute atomic E-state index is 0.106. The largest absolute Gasteiger partial charge is 0.472 e. The molecule has 0 spiro atoms. The second kappa shape index (κ2) is 67.3. The van der Waals surface area contributed by atoms with E-state index < -0.39 is 97.5 Å². The van der Waals surface area contributed by atoms with E-state index in [0.717, 1.165) is 102 Å². The molecular weight excluding hydrogens is 1220 g/mol. The standard InChI is InChI=1S/C74H144O17P2/c1-6-10-13-16-18-20-22-24-26-28-29-31-33-35-40-44-49-54-59-74(79)91-70(64-85-72(77)58-53-48-43-39-34-32-30-27-25-23-21-19-17-14-11-7-2)66-89-93(82,83)87-62-68(75)61-86-92(80,81)88-65-69(63-84-71(76)57-52-46-15-12-8-3)90-73(78)60-55-50-45-41-37-36-38-42-47-51-56-67(5)9-4/h67-70,75H,6-66H2,1-5H3,(H,80,81)(H,82,83)/t67?,68-,69+,70+/m0/s1. The van der Waals surface area contributed by atoms with Crippen LogP contribution in [0.3, 0.4) is 0 Å². The zero-order chi connectivity index (χ0) is 68.4. The Bertz CT molecular complexity index is 1790. The van der Waals surface area contributed by atoms with Gasteiger partial charge in [0.25, 0.3) is 0 Å². The molecule has 3 unspecified atom stereocenters. The van der Waals surface area contributed by atoms with Gasteiger partial charge in [0.1, 0.15) is 19.3 Å². The predicted molar refractivity (Wildman–Crippen MR) is 377 cm³/mol. The molecule has 0 amide bonds. The molecule has 6 atom stereocenters. The first kappa shape index (κ1) is 91.1. The van der Waals surface area contributed by atoms with Crippen LogP contribution >= 0.6 is 15.6 Å². The Hall–Kier alpha value is -1.94. The van der Waals surface area contributed by atoms with E-state index in [4.69, 9.17) is 37.0 Å². The van der Waals surface area contributed by atoms with Gasteiger partial charge in [-0.25, -0.2) is 9.13 Å². The molecule has 3 N–H and O–H groups in total. The number of carbonyl (C=O) groups excluding carboxylic acids is 4. The third kappa shape index (κ3) is 67.0. The molecule has 0 rings (SSSR count). The fraction of sp³-hybridized carbons (Fsp3) is 0.946. The molecule has 0 saturated heterocycles. The van der Waals surface area contributed by atoms with Crippen molar-refractivity contribution in [3.05, 3.63) is 0 Å². The zero-order valence-electron chi connectivity index (χ0n) is 60.4. The predicted octanol–water partition coefficient (Wildman–Crippen LogP) is 21.7. The molecule has 0 saturated carbocycles. The van der Waals surface area contributed by atoms with E-state index in [2.05, 4.69) is 34.6 Å². The SMILES string of the molecule is CCCCCCCCCCCCCCCCCCCCC(=O)O[C@H](COC(=O)CCCCCCCCCCCCCCCCCC)COP(=O)(O)OC[C@@H](O)COP(=O)(O)OC[C@@H](COC(=O)CCCCCCC)OC(=O)CCCCCCCCCCCCC(C)CC. The number of phosphoric acid groups is 2. The fourth-order valence-electron chi connectivity index (χ4n) is 11.3. The normalized spacial score (nSPS) is 14.3. The van der Waals surface area contributed by atoms with Gasteiger partial charge in [-0.2, -0.15) is 0 Å². The third-order valence-electron chi connectivity index (χ3n) is 17.6. The van der Waals surface area contributed by atoms with Crippen molar-refractivity contribution in [2.75, 3.05) is 39.6 Å². The van der Waals surface area contributed by atoms with Crippen LogP contribution in [0, 0.1) is 5.92 Å². The minimum Gasteiger partial charge on any atom is -0.462 e. The topological polar surface area (TPSA) is 237 Å². The van der Waals surface area contributed by atoms with Crippen LogP contribution in [0.4, 0.5) is 0 Å². The van der Waals surface area contributed by atoms with Gasteiger partial charge in [-0.3, -0.25) is 37.3 Å². The second-order valence-corrected chi connectivity index (χ2v) is 29.8. The average molecular weight is 1370 g/mol. The van der Waals surface area contributed by atoms with Crippen molar-refractivity contribution in [3.8, 4) is 0 Å². The fourth-order valence-corrected chi connectivity index (χ4v) is 12.9. The lowest BCUT2D eigenvalue weighted by Gasteiger charge is -2.21. The van der Waals surface area contributed by atoms with Crippen LogP contribution in [-0.2, 0) is 65.4 Å². The van der Waals surface area contributed by atoms with Crippen LogP contribution in [-0.4, -0.2) is 96.7 Å². The lowest BCUT2D eigenvalue weighted by atomic mass is 9.99. The molecule has 552 valence electrons. The lowest BCUT2D eigenvalue weighted by Crippen LogP contribution is -2.30. The summed E-state index contributed by atoms with van der Waals surface area (Å²) >= 11 is 0. The monoisotopic (exact) mass is 1370 g/mol. The van der Waals surface area contributed by atoms with Gasteiger partial charge in [-0.1, -0.05) is 336 Å². The Morgan fingerprint density at radius 1 is 0.301 bits per heavy atom. The zero-order valence-corrected chi connectivity index (χ0v) is 62.2. The Balaban J connectivity index is 5.15. The number of phosphoric ester groups is 2. The molecule has 0 aliphatic carbocycles. The van der Waals surface area contributed by atoms with Gasteiger partial charge in [0.05, 0.1) is 26.4 Å². The summed E-state index contributed by atoms with van der Waals surface area (Å²) in [5.41, 5.74) is 0. The number of ether oxygens (including phenoxy) is 4. The van der Waals surface area contributed by atoms with Crippen molar-refractivity contribution < 1.29 is 80.2 Å². The summed E-state index contributed by atoms with van der Waals surface area (Å²) in [7, 11) is -9.90. The van der Waals surface area contributed by atoms with Gasteiger partial charge in [-0.05, 0) is 31.6 Å². The smallest absolute Gasteiger partial charge is 0.462 e. The number of esters is 4. The second-order valence-electron chi connectivity index (χ2n) is 26.9. The molecule has 93 heavy (non-hydrogen) atoms. The quantitative estimate of drug-likeness (QED) is 0.0222. The minimum atomic E-state index is -4.95. The first-order valence-corrected chi connectivity index (χ1v) is 41.7. The lowest BCUT2D eigenvalue weighted by molar-refractivity contribution is -0.161. The third-order valence-corrected chi connectivity index (χ3v) is 19.5. The van der Waals surface area contributed by atoms with Gasteiger partial charge >= 0.3 is 39.5 Å². The first-order chi connectivity index (χ1) is 45.1. The maximum atomic E-state index is 13.1.